The van der Waals surface area contributed by atoms with Gasteiger partial charge in [-0.3, -0.25) is 0 Å². The Bertz CT molecular complexity index is 1320. The Kier molecular flexibility index (Phi) is 6.22. The van der Waals surface area contributed by atoms with Crippen LogP contribution in [0.4, 0.5) is 10.7 Å². The summed E-state index contributed by atoms with van der Waals surface area (Å²) in [4.78, 5) is 31.0. The number of para-hydroxylation sites is 2. The average molecular weight is 543 g/mol. The summed E-state index contributed by atoms with van der Waals surface area (Å²) in [5.74, 6) is 1.27. The van der Waals surface area contributed by atoms with Gasteiger partial charge in [0, 0.05) is 25.9 Å². The molecule has 1 aromatic carbocycles. The molecule has 1 fully saturated rings. The number of carbonyl (C=O) groups excluding carboxylic acids is 1. The third kappa shape index (κ3) is 5.31. The van der Waals surface area contributed by atoms with E-state index in [1.165, 1.54) is 0 Å². The van der Waals surface area contributed by atoms with Crippen LogP contribution in [0.15, 0.2) is 34.9 Å². The second-order valence-electron chi connectivity index (χ2n) is 9.40. The van der Waals surface area contributed by atoms with Gasteiger partial charge in [0.25, 0.3) is 0 Å². The van der Waals surface area contributed by atoms with Gasteiger partial charge in [-0.15, -0.1) is 0 Å². The fourth-order valence-electron chi connectivity index (χ4n) is 3.88. The Labute approximate surface area is 210 Å². The second-order valence-corrected chi connectivity index (χ2v) is 10.3. The Balaban J connectivity index is 1.28. The molecule has 0 aliphatic carbocycles. The zero-order valence-electron chi connectivity index (χ0n) is 19.8. The predicted molar refractivity (Wildman–Crippen MR) is 133 cm³/mol. The number of hydrogen-bond acceptors (Lipinski definition) is 8. The fourth-order valence-corrected chi connectivity index (χ4v) is 4.23. The number of benzene rings is 1. The van der Waals surface area contributed by atoms with Crippen LogP contribution < -0.4 is 10.1 Å². The van der Waals surface area contributed by atoms with Crippen LogP contribution in [0, 0.1) is 0 Å². The molecule has 0 saturated carbocycles. The first-order chi connectivity index (χ1) is 16.7. The highest BCUT2D eigenvalue weighted by Gasteiger charge is 2.28. The molecular weight excluding hydrogens is 516 g/mol. The van der Waals surface area contributed by atoms with Crippen molar-refractivity contribution < 1.29 is 14.3 Å². The number of halogens is 1. The minimum atomic E-state index is -0.516. The number of hydrogen-bond donors (Lipinski definition) is 2. The number of likely N-dealkylation sites (tertiary alicyclic amines) is 1. The molecule has 4 aromatic rings. The third-order valence-corrected chi connectivity index (χ3v) is 6.08. The van der Waals surface area contributed by atoms with Crippen LogP contribution >= 0.6 is 15.9 Å². The predicted octanol–water partition coefficient (Wildman–Crippen LogP) is 4.15. The average Bonchev–Trinajstić information content (AvgIpc) is 3.40. The summed E-state index contributed by atoms with van der Waals surface area (Å²) in [6, 6.07) is 8.12. The number of rotatable bonds is 5. The Morgan fingerprint density at radius 2 is 1.97 bits per heavy atom. The van der Waals surface area contributed by atoms with E-state index in [-0.39, 0.29) is 18.2 Å². The molecule has 0 spiro atoms. The first-order valence-electron chi connectivity index (χ1n) is 11.5. The van der Waals surface area contributed by atoms with Crippen LogP contribution in [0.1, 0.15) is 39.4 Å². The van der Waals surface area contributed by atoms with Crippen molar-refractivity contribution >= 4 is 44.7 Å². The van der Waals surface area contributed by atoms with Gasteiger partial charge in [0.05, 0.1) is 28.2 Å². The van der Waals surface area contributed by atoms with E-state index in [0.29, 0.717) is 44.1 Å². The zero-order valence-corrected chi connectivity index (χ0v) is 21.4. The molecule has 3 aromatic heterocycles. The lowest BCUT2D eigenvalue weighted by atomic mass is 10.1. The molecule has 11 nitrogen and oxygen atoms in total. The van der Waals surface area contributed by atoms with Gasteiger partial charge in [0.2, 0.25) is 5.95 Å². The summed E-state index contributed by atoms with van der Waals surface area (Å²) < 4.78 is 14.0. The lowest BCUT2D eigenvalue weighted by Gasteiger charge is -2.33. The highest BCUT2D eigenvalue weighted by atomic mass is 79.9. The lowest BCUT2D eigenvalue weighted by Crippen LogP contribution is -2.44. The monoisotopic (exact) mass is 542 g/mol. The minimum absolute atomic E-state index is 0.110. The van der Waals surface area contributed by atoms with E-state index in [9.17, 15) is 4.79 Å². The number of H-pyrrole nitrogens is 1. The van der Waals surface area contributed by atoms with Crippen molar-refractivity contribution in [2.24, 2.45) is 0 Å². The number of amides is 1. The molecule has 2 N–H and O–H groups in total. The van der Waals surface area contributed by atoms with Crippen molar-refractivity contribution in [3.63, 3.8) is 0 Å². The van der Waals surface area contributed by atoms with Crippen molar-refractivity contribution in [3.8, 4) is 6.01 Å². The van der Waals surface area contributed by atoms with Gasteiger partial charge in [-0.05, 0) is 48.8 Å². The number of nitrogens with one attached hydrogen (secondary N) is 2. The smallest absolute Gasteiger partial charge is 0.410 e. The van der Waals surface area contributed by atoms with E-state index in [2.05, 4.69) is 46.3 Å². The van der Waals surface area contributed by atoms with Crippen LogP contribution in [0.2, 0.25) is 0 Å². The Morgan fingerprint density at radius 3 is 2.71 bits per heavy atom. The molecule has 5 rings (SSSR count). The third-order valence-electron chi connectivity index (χ3n) is 5.52. The largest absolute Gasteiger partial charge is 0.460 e. The van der Waals surface area contributed by atoms with E-state index in [0.717, 1.165) is 21.3 Å². The number of anilines is 1. The van der Waals surface area contributed by atoms with Crippen molar-refractivity contribution in [1.29, 1.82) is 0 Å². The van der Waals surface area contributed by atoms with Crippen LogP contribution in [-0.2, 0) is 11.3 Å². The van der Waals surface area contributed by atoms with E-state index < -0.39 is 5.60 Å². The topological polar surface area (TPSA) is 123 Å². The molecule has 35 heavy (non-hydrogen) atoms. The molecule has 1 saturated heterocycles. The molecule has 0 atom stereocenters. The molecule has 1 aliphatic heterocycles. The van der Waals surface area contributed by atoms with E-state index in [1.807, 2.05) is 45.0 Å². The molecule has 4 heterocycles. The molecular formula is C23H27BrN8O3. The van der Waals surface area contributed by atoms with Crippen molar-refractivity contribution in [3.05, 3.63) is 40.8 Å². The zero-order chi connectivity index (χ0) is 24.6. The fraction of sp³-hybridized carbons (Fsp3) is 0.435. The molecule has 0 bridgehead atoms. The van der Waals surface area contributed by atoms with Gasteiger partial charge < -0.3 is 24.7 Å². The molecule has 1 amide bonds. The van der Waals surface area contributed by atoms with Gasteiger partial charge in [-0.2, -0.15) is 19.6 Å². The van der Waals surface area contributed by atoms with E-state index in [4.69, 9.17) is 9.47 Å². The second kappa shape index (κ2) is 9.33. The summed E-state index contributed by atoms with van der Waals surface area (Å²) in [5, 5.41) is 7.64. The van der Waals surface area contributed by atoms with E-state index in [1.54, 1.807) is 15.6 Å². The number of fused-ring (bicyclic) bond motifs is 2. The van der Waals surface area contributed by atoms with Crippen molar-refractivity contribution in [2.45, 2.75) is 51.9 Å². The van der Waals surface area contributed by atoms with Crippen LogP contribution in [0.3, 0.4) is 0 Å². The van der Waals surface area contributed by atoms with Crippen molar-refractivity contribution in [2.75, 3.05) is 18.4 Å². The number of piperidine rings is 1. The summed E-state index contributed by atoms with van der Waals surface area (Å²) in [6.45, 7) is 7.12. The maximum Gasteiger partial charge on any atom is 0.410 e. The Morgan fingerprint density at radius 1 is 1.20 bits per heavy atom. The normalized spacial score (nSPS) is 15.0. The maximum atomic E-state index is 12.3. The molecule has 12 heteroatoms. The van der Waals surface area contributed by atoms with Gasteiger partial charge in [0.15, 0.2) is 5.65 Å². The molecule has 0 radical (unpaired) electrons. The standard InChI is InChI=1S/C23H27BrN8O3/c1-23(2,3)35-22(33)31-10-8-14(9-11-31)34-21-29-19-15(24)12-26-32(19)20(30-21)25-13-18-27-16-6-4-5-7-17(16)28-18/h4-7,12,14H,8-11,13H2,1-3H3,(H,27,28)(H,25,29,30). The number of carbonyl (C=O) groups is 1. The summed E-state index contributed by atoms with van der Waals surface area (Å²) in [7, 11) is 0. The lowest BCUT2D eigenvalue weighted by molar-refractivity contribution is 0.0119. The molecule has 184 valence electrons. The van der Waals surface area contributed by atoms with Crippen LogP contribution in [-0.4, -0.2) is 65.3 Å². The minimum Gasteiger partial charge on any atom is -0.460 e. The molecule has 0 unspecified atom stereocenters. The van der Waals surface area contributed by atoms with Gasteiger partial charge >= 0.3 is 12.1 Å². The highest BCUT2D eigenvalue weighted by molar-refractivity contribution is 9.10. The quantitative estimate of drug-likeness (QED) is 0.385. The van der Waals surface area contributed by atoms with Crippen LogP contribution in [0.5, 0.6) is 6.01 Å². The first kappa shape index (κ1) is 23.3. The van der Waals surface area contributed by atoms with Gasteiger partial charge in [-0.25, -0.2) is 9.78 Å². The van der Waals surface area contributed by atoms with Gasteiger partial charge in [-0.1, -0.05) is 12.1 Å². The SMILES string of the molecule is CC(C)(C)OC(=O)N1CCC(Oc2nc(NCc3nc4ccccc4[nH]3)n3ncc(Br)c3n2)CC1. The number of nitrogens with zero attached hydrogens (tertiary/aromatic N) is 6. The summed E-state index contributed by atoms with van der Waals surface area (Å²) in [5.41, 5.74) is 1.95. The van der Waals surface area contributed by atoms with Crippen LogP contribution in [0.25, 0.3) is 16.7 Å². The number of aromatic amines is 1. The molecule has 1 aliphatic rings. The summed E-state index contributed by atoms with van der Waals surface area (Å²) in [6.07, 6.45) is 2.58. The highest BCUT2D eigenvalue weighted by Crippen LogP contribution is 2.24. The Hall–Kier alpha value is -3.41. The number of imidazole rings is 1. The number of aromatic nitrogens is 6. The van der Waals surface area contributed by atoms with E-state index >= 15 is 0 Å². The van der Waals surface area contributed by atoms with Gasteiger partial charge in [0.1, 0.15) is 17.5 Å². The first-order valence-corrected chi connectivity index (χ1v) is 12.3. The maximum absolute atomic E-state index is 12.3. The van der Waals surface area contributed by atoms with Crippen molar-refractivity contribution in [1.82, 2.24) is 34.4 Å². The number of ether oxygens (including phenoxy) is 2. The summed E-state index contributed by atoms with van der Waals surface area (Å²) >= 11 is 3.49.